The molecule has 1 aliphatic heterocycles. The van der Waals surface area contributed by atoms with E-state index >= 15 is 0 Å². The Bertz CT molecular complexity index is 1220. The lowest BCUT2D eigenvalue weighted by Crippen LogP contribution is -2.57. The minimum absolute atomic E-state index is 0.158. The van der Waals surface area contributed by atoms with Crippen LogP contribution < -0.4 is 4.90 Å². The maximum atomic E-state index is 14.3. The summed E-state index contributed by atoms with van der Waals surface area (Å²) in [7, 11) is 0. The van der Waals surface area contributed by atoms with Gasteiger partial charge in [0.05, 0.1) is 27.8 Å². The third kappa shape index (κ3) is 2.29. The van der Waals surface area contributed by atoms with Crippen LogP contribution in [-0.4, -0.2) is 56.9 Å². The van der Waals surface area contributed by atoms with Crippen molar-refractivity contribution >= 4 is 22.9 Å². The topological polar surface area (TPSA) is 75.1 Å². The lowest BCUT2D eigenvalue weighted by molar-refractivity contribution is -0.141. The van der Waals surface area contributed by atoms with Crippen LogP contribution in [0, 0.1) is 5.41 Å². The van der Waals surface area contributed by atoms with E-state index in [1.165, 1.54) is 0 Å². The van der Waals surface area contributed by atoms with Crippen molar-refractivity contribution in [1.82, 2.24) is 24.8 Å². The number of para-hydroxylation sites is 2. The molecule has 2 bridgehead atoms. The summed E-state index contributed by atoms with van der Waals surface area (Å²) in [4.78, 5) is 37.4. The van der Waals surface area contributed by atoms with Crippen molar-refractivity contribution in [1.29, 1.82) is 0 Å². The molecule has 0 N–H and O–H groups in total. The molecule has 2 atom stereocenters. The van der Waals surface area contributed by atoms with E-state index in [0.717, 1.165) is 54.3 Å². The molecule has 2 fully saturated rings. The molecule has 2 aliphatic carbocycles. The number of carbonyl (C=O) groups excluding carboxylic acids is 1. The summed E-state index contributed by atoms with van der Waals surface area (Å²) in [6.45, 7) is 9.59. The minimum atomic E-state index is -0.625. The molecule has 2 aromatic heterocycles. The Kier molecular flexibility index (Phi) is 3.96. The molecule has 3 aromatic rings. The molecule has 32 heavy (non-hydrogen) atoms. The van der Waals surface area contributed by atoms with Crippen molar-refractivity contribution in [2.24, 2.45) is 5.41 Å². The fraction of sp³-hybridized carbons (Fsp3) is 0.480. The van der Waals surface area contributed by atoms with Gasteiger partial charge >= 0.3 is 0 Å². The summed E-state index contributed by atoms with van der Waals surface area (Å²) in [5, 5.41) is 0. The van der Waals surface area contributed by atoms with Crippen molar-refractivity contribution in [2.75, 3.05) is 31.1 Å². The number of amides is 1. The number of aromatic nitrogens is 4. The van der Waals surface area contributed by atoms with Gasteiger partial charge in [-0.2, -0.15) is 0 Å². The summed E-state index contributed by atoms with van der Waals surface area (Å²) in [5.74, 6) is 0.943. The average Bonchev–Trinajstić information content (AvgIpc) is 3.13. The van der Waals surface area contributed by atoms with E-state index in [1.54, 1.807) is 12.4 Å². The number of carbonyl (C=O) groups is 1. The molecular weight excluding hydrogens is 400 g/mol. The van der Waals surface area contributed by atoms with Gasteiger partial charge in [0.1, 0.15) is 0 Å². The minimum Gasteiger partial charge on any atom is -0.338 e. The van der Waals surface area contributed by atoms with E-state index in [2.05, 4.69) is 35.6 Å². The Hall–Kier alpha value is -3.09. The van der Waals surface area contributed by atoms with Gasteiger partial charge in [-0.05, 0) is 36.5 Å². The third-order valence-corrected chi connectivity index (χ3v) is 8.71. The largest absolute Gasteiger partial charge is 0.338 e. The Balaban J connectivity index is 1.38. The van der Waals surface area contributed by atoms with Crippen LogP contribution in [0.25, 0.3) is 11.0 Å². The summed E-state index contributed by atoms with van der Waals surface area (Å²) in [6.07, 6.45) is 5.32. The highest BCUT2D eigenvalue weighted by Crippen LogP contribution is 2.70. The summed E-state index contributed by atoms with van der Waals surface area (Å²) >= 11 is 0. The normalized spacial score (nSPS) is 28.2. The van der Waals surface area contributed by atoms with E-state index < -0.39 is 5.41 Å². The molecule has 7 nitrogen and oxygen atoms in total. The van der Waals surface area contributed by atoms with Crippen LogP contribution >= 0.6 is 0 Å². The Morgan fingerprint density at radius 3 is 2.12 bits per heavy atom. The summed E-state index contributed by atoms with van der Waals surface area (Å²) in [6, 6.07) is 9.83. The van der Waals surface area contributed by atoms with Gasteiger partial charge in [-0.15, -0.1) is 0 Å². The molecule has 6 rings (SSSR count). The molecule has 1 amide bonds. The molecule has 0 radical (unpaired) electrons. The summed E-state index contributed by atoms with van der Waals surface area (Å²) in [5.41, 5.74) is 2.68. The number of hydrogen-bond donors (Lipinski definition) is 0. The van der Waals surface area contributed by atoms with Crippen molar-refractivity contribution in [3.63, 3.8) is 0 Å². The van der Waals surface area contributed by atoms with Gasteiger partial charge in [-0.25, -0.2) is 19.9 Å². The number of nitrogens with zero attached hydrogens (tertiary/aromatic N) is 6. The second kappa shape index (κ2) is 6.47. The van der Waals surface area contributed by atoms with E-state index in [0.29, 0.717) is 13.1 Å². The van der Waals surface area contributed by atoms with Crippen LogP contribution in [0.15, 0.2) is 42.7 Å². The quantitative estimate of drug-likeness (QED) is 0.624. The monoisotopic (exact) mass is 428 g/mol. The molecular formula is C25H28N6O. The van der Waals surface area contributed by atoms with Crippen molar-refractivity contribution in [3.8, 4) is 0 Å². The first-order chi connectivity index (χ1) is 15.4. The van der Waals surface area contributed by atoms with Crippen molar-refractivity contribution in [2.45, 2.75) is 44.4 Å². The van der Waals surface area contributed by atoms with Gasteiger partial charge in [-0.1, -0.05) is 32.9 Å². The highest BCUT2D eigenvalue weighted by molar-refractivity contribution is 5.93. The fourth-order valence-corrected chi connectivity index (χ4v) is 6.35. The van der Waals surface area contributed by atoms with Crippen molar-refractivity contribution < 1.29 is 4.79 Å². The average molecular weight is 429 g/mol. The summed E-state index contributed by atoms with van der Waals surface area (Å²) < 4.78 is 0. The van der Waals surface area contributed by atoms with Crippen LogP contribution in [0.1, 0.15) is 45.0 Å². The van der Waals surface area contributed by atoms with E-state index in [1.807, 2.05) is 35.2 Å². The molecule has 1 saturated carbocycles. The van der Waals surface area contributed by atoms with Crippen LogP contribution in [0.4, 0.5) is 5.95 Å². The fourth-order valence-electron chi connectivity index (χ4n) is 6.35. The molecule has 1 saturated heterocycles. The molecule has 164 valence electrons. The molecule has 7 heteroatoms. The van der Waals surface area contributed by atoms with Crippen LogP contribution in [0.3, 0.4) is 0 Å². The molecule has 1 aromatic carbocycles. The van der Waals surface area contributed by atoms with E-state index in [4.69, 9.17) is 9.97 Å². The van der Waals surface area contributed by atoms with Crippen LogP contribution in [-0.2, 0) is 15.6 Å². The zero-order valence-electron chi connectivity index (χ0n) is 18.9. The predicted molar refractivity (Wildman–Crippen MR) is 122 cm³/mol. The van der Waals surface area contributed by atoms with Gasteiger partial charge in [0.2, 0.25) is 11.9 Å². The SMILES string of the molecule is CC1(C)[C@]2(C)CC[C@@]1(C(=O)N1CCN(c3ncccn3)CC1)c1nc3ccccc3nc12. The van der Waals surface area contributed by atoms with Gasteiger partial charge in [-0.3, -0.25) is 4.79 Å². The second-order valence-corrected chi connectivity index (χ2v) is 10.1. The highest BCUT2D eigenvalue weighted by Gasteiger charge is 2.73. The van der Waals surface area contributed by atoms with Gasteiger partial charge in [0, 0.05) is 44.0 Å². The number of piperazine rings is 1. The maximum Gasteiger partial charge on any atom is 0.235 e. The van der Waals surface area contributed by atoms with Crippen molar-refractivity contribution in [3.05, 3.63) is 54.1 Å². The molecule has 3 heterocycles. The molecule has 3 aliphatic rings. The predicted octanol–water partition coefficient (Wildman–Crippen LogP) is 3.10. The van der Waals surface area contributed by atoms with Gasteiger partial charge in [0.25, 0.3) is 0 Å². The van der Waals surface area contributed by atoms with Crippen LogP contribution in [0.2, 0.25) is 0 Å². The maximum absolute atomic E-state index is 14.3. The number of rotatable bonds is 2. The van der Waals surface area contributed by atoms with Gasteiger partial charge in [0.15, 0.2) is 0 Å². The number of hydrogen-bond acceptors (Lipinski definition) is 6. The Morgan fingerprint density at radius 2 is 1.47 bits per heavy atom. The standard InChI is InChI=1S/C25H28N6O/c1-23(2)24(3)9-10-25(23,20-19(24)28-17-7-4-5-8-18(17)29-20)21(32)30-13-15-31(16-14-30)22-26-11-6-12-27-22/h4-8,11-12H,9-10,13-16H2,1-3H3/t24-,25+/m1/s1. The second-order valence-electron chi connectivity index (χ2n) is 10.1. The zero-order valence-corrected chi connectivity index (χ0v) is 18.9. The highest BCUT2D eigenvalue weighted by atomic mass is 16.2. The number of benzene rings is 1. The third-order valence-electron chi connectivity index (χ3n) is 8.71. The van der Waals surface area contributed by atoms with E-state index in [9.17, 15) is 4.79 Å². The van der Waals surface area contributed by atoms with Crippen LogP contribution in [0.5, 0.6) is 0 Å². The lowest BCUT2D eigenvalue weighted by Gasteiger charge is -2.44. The van der Waals surface area contributed by atoms with E-state index in [-0.39, 0.29) is 16.7 Å². The first-order valence-corrected chi connectivity index (χ1v) is 11.5. The molecule has 0 spiro atoms. The number of fused-ring (bicyclic) bond motifs is 6. The Morgan fingerprint density at radius 1 is 0.844 bits per heavy atom. The zero-order chi connectivity index (χ0) is 22.1. The smallest absolute Gasteiger partial charge is 0.235 e. The number of anilines is 1. The first kappa shape index (κ1) is 19.6. The lowest BCUT2D eigenvalue weighted by atomic mass is 9.63. The Labute approximate surface area is 187 Å². The first-order valence-electron chi connectivity index (χ1n) is 11.5. The molecule has 0 unspecified atom stereocenters. The van der Waals surface area contributed by atoms with Gasteiger partial charge < -0.3 is 9.80 Å².